The van der Waals surface area contributed by atoms with Crippen molar-refractivity contribution in [3.63, 3.8) is 0 Å². The normalized spacial score (nSPS) is 13.1. The van der Waals surface area contributed by atoms with E-state index < -0.39 is 36.4 Å². The molecule has 0 spiro atoms. The van der Waals surface area contributed by atoms with Crippen LogP contribution in [0.4, 0.5) is 0 Å². The number of ketones is 1. The molecule has 1 unspecified atom stereocenters. The number of carbonyl (C=O) groups is 3. The summed E-state index contributed by atoms with van der Waals surface area (Å²) in [5, 5.41) is 20.3. The molecule has 0 rings (SSSR count). The Morgan fingerprint density at radius 2 is 1.78 bits per heavy atom. The van der Waals surface area contributed by atoms with Gasteiger partial charge in [-0.2, -0.15) is 0 Å². The molecule has 0 aliphatic carbocycles. The van der Waals surface area contributed by atoms with Gasteiger partial charge in [-0.3, -0.25) is 9.59 Å². The van der Waals surface area contributed by atoms with E-state index in [1.165, 1.54) is 6.92 Å². The molecule has 1 atom stereocenters. The fraction of sp³-hybridized carbons (Fsp3) is 0.700. The Morgan fingerprint density at radius 1 is 1.22 bits per heavy atom. The van der Waals surface area contributed by atoms with Gasteiger partial charge in [-0.1, -0.05) is 0 Å². The third kappa shape index (κ3) is 5.92. The molecule has 18 heavy (non-hydrogen) atoms. The molecular formula is C10H15NaO7. The van der Waals surface area contributed by atoms with Gasteiger partial charge in [0.1, 0.15) is 6.61 Å². The zero-order valence-electron chi connectivity index (χ0n) is 10.7. The Kier molecular flexibility index (Phi) is 10.4. The zero-order valence-corrected chi connectivity index (χ0v) is 12.7. The van der Waals surface area contributed by atoms with Crippen LogP contribution in [0.15, 0.2) is 0 Å². The van der Waals surface area contributed by atoms with E-state index in [1.807, 2.05) is 0 Å². The van der Waals surface area contributed by atoms with Gasteiger partial charge in [0.2, 0.25) is 0 Å². The summed E-state index contributed by atoms with van der Waals surface area (Å²) in [6.45, 7) is 2.69. The first-order valence-electron chi connectivity index (χ1n) is 5.09. The number of carboxylic acid groups (broad SMARTS) is 1. The third-order valence-electron chi connectivity index (χ3n) is 1.94. The van der Waals surface area contributed by atoms with Crippen LogP contribution in [0.2, 0.25) is 0 Å². The van der Waals surface area contributed by atoms with Crippen molar-refractivity contribution in [3.05, 3.63) is 0 Å². The van der Waals surface area contributed by atoms with E-state index in [4.69, 9.17) is 0 Å². The maximum atomic E-state index is 11.4. The molecule has 0 aromatic heterocycles. The van der Waals surface area contributed by atoms with Crippen molar-refractivity contribution in [3.8, 4) is 0 Å². The number of rotatable bonds is 8. The van der Waals surface area contributed by atoms with E-state index in [2.05, 4.69) is 9.47 Å². The molecule has 0 aliphatic rings. The minimum absolute atomic E-state index is 0. The molecule has 0 aromatic carbocycles. The van der Waals surface area contributed by atoms with Crippen LogP contribution in [0, 0.1) is 0 Å². The number of carbonyl (C=O) groups excluding carboxylic acids is 3. The number of hydrogen-bond acceptors (Lipinski definition) is 7. The van der Waals surface area contributed by atoms with Crippen LogP contribution in [-0.2, 0) is 23.9 Å². The van der Waals surface area contributed by atoms with E-state index in [0.29, 0.717) is 0 Å². The molecule has 0 saturated carbocycles. The molecule has 0 radical (unpaired) electrons. The molecule has 7 nitrogen and oxygen atoms in total. The predicted octanol–water partition coefficient (Wildman–Crippen LogP) is -4.97. The number of aliphatic carboxylic acids is 1. The van der Waals surface area contributed by atoms with Gasteiger partial charge >= 0.3 is 35.5 Å². The molecule has 98 valence electrons. The van der Waals surface area contributed by atoms with Crippen molar-refractivity contribution >= 4 is 17.7 Å². The van der Waals surface area contributed by atoms with E-state index in [-0.39, 0.29) is 42.8 Å². The summed E-state index contributed by atoms with van der Waals surface area (Å²) in [6, 6.07) is 0. The monoisotopic (exact) mass is 270 g/mol. The van der Waals surface area contributed by atoms with Crippen molar-refractivity contribution in [1.82, 2.24) is 0 Å². The number of aliphatic hydroxyl groups is 1. The van der Waals surface area contributed by atoms with Crippen LogP contribution in [0.1, 0.15) is 20.3 Å². The van der Waals surface area contributed by atoms with Crippen molar-refractivity contribution in [2.24, 2.45) is 0 Å². The van der Waals surface area contributed by atoms with Gasteiger partial charge in [-0.15, -0.1) is 0 Å². The maximum absolute atomic E-state index is 11.4. The van der Waals surface area contributed by atoms with Crippen LogP contribution < -0.4 is 34.7 Å². The summed E-state index contributed by atoms with van der Waals surface area (Å²) >= 11 is 0. The molecule has 0 saturated heterocycles. The summed E-state index contributed by atoms with van der Waals surface area (Å²) in [5.41, 5.74) is -2.90. The van der Waals surface area contributed by atoms with Gasteiger partial charge in [-0.25, -0.2) is 0 Å². The standard InChI is InChI=1S/C10H16O7.Na/c1-3-16-6-7(11)10(15,9(13)14)5-8(12)17-4-2;/h15H,3-6H2,1-2H3,(H,13,14);/q;+1/p-1. The molecule has 0 aliphatic heterocycles. The fourth-order valence-corrected chi connectivity index (χ4v) is 1.02. The topological polar surface area (TPSA) is 113 Å². The Bertz CT molecular complexity index is 305. The van der Waals surface area contributed by atoms with Gasteiger partial charge in [0.25, 0.3) is 0 Å². The average molecular weight is 270 g/mol. The first-order valence-corrected chi connectivity index (χ1v) is 5.09. The average Bonchev–Trinajstić information content (AvgIpc) is 2.25. The second-order valence-corrected chi connectivity index (χ2v) is 3.19. The number of hydrogen-bond donors (Lipinski definition) is 1. The Hall–Kier alpha value is -0.470. The number of ether oxygens (including phenoxy) is 2. The summed E-state index contributed by atoms with van der Waals surface area (Å²) in [6.07, 6.45) is -0.991. The van der Waals surface area contributed by atoms with Gasteiger partial charge in [0, 0.05) is 6.61 Å². The largest absolute Gasteiger partial charge is 1.00 e. The minimum atomic E-state index is -2.90. The summed E-state index contributed by atoms with van der Waals surface area (Å²) in [7, 11) is 0. The molecule has 0 aromatic rings. The maximum Gasteiger partial charge on any atom is 1.00 e. The Balaban J connectivity index is 0. The van der Waals surface area contributed by atoms with E-state index in [1.54, 1.807) is 6.92 Å². The third-order valence-corrected chi connectivity index (χ3v) is 1.94. The quantitative estimate of drug-likeness (QED) is 0.267. The number of Topliss-reactive ketones (excluding diaryl/α,β-unsaturated/α-hetero) is 1. The molecule has 0 bridgehead atoms. The Labute approximate surface area is 127 Å². The molecule has 0 amide bonds. The van der Waals surface area contributed by atoms with Crippen molar-refractivity contribution in [2.75, 3.05) is 19.8 Å². The second-order valence-electron chi connectivity index (χ2n) is 3.19. The van der Waals surface area contributed by atoms with Crippen LogP contribution in [0.3, 0.4) is 0 Å². The zero-order chi connectivity index (χ0) is 13.5. The predicted molar refractivity (Wildman–Crippen MR) is 52.7 cm³/mol. The number of carboxylic acids is 1. The number of esters is 1. The first-order chi connectivity index (χ1) is 7.88. The molecule has 1 N–H and O–H groups in total. The van der Waals surface area contributed by atoms with E-state index in [9.17, 15) is 24.6 Å². The Morgan fingerprint density at radius 3 is 2.17 bits per heavy atom. The van der Waals surface area contributed by atoms with Crippen molar-refractivity contribution in [1.29, 1.82) is 0 Å². The van der Waals surface area contributed by atoms with Crippen molar-refractivity contribution < 1.29 is 63.6 Å². The van der Waals surface area contributed by atoms with Crippen molar-refractivity contribution in [2.45, 2.75) is 25.9 Å². The van der Waals surface area contributed by atoms with E-state index in [0.717, 1.165) is 0 Å². The minimum Gasteiger partial charge on any atom is -0.546 e. The SMILES string of the molecule is CCOCC(=O)C(O)(CC(=O)OCC)C(=O)[O-].[Na+]. The van der Waals surface area contributed by atoms with E-state index >= 15 is 0 Å². The first kappa shape index (κ1) is 19.9. The summed E-state index contributed by atoms with van der Waals surface area (Å²) in [5.74, 6) is -4.19. The van der Waals surface area contributed by atoms with Crippen LogP contribution in [-0.4, -0.2) is 48.3 Å². The smallest absolute Gasteiger partial charge is 0.546 e. The fourth-order valence-electron chi connectivity index (χ4n) is 1.02. The van der Waals surface area contributed by atoms with Crippen LogP contribution in [0.5, 0.6) is 0 Å². The second kappa shape index (κ2) is 9.46. The summed E-state index contributed by atoms with van der Waals surface area (Å²) < 4.78 is 9.14. The molecule has 0 fully saturated rings. The summed E-state index contributed by atoms with van der Waals surface area (Å²) in [4.78, 5) is 33.2. The molecular weight excluding hydrogens is 255 g/mol. The molecule has 8 heteroatoms. The van der Waals surface area contributed by atoms with Crippen LogP contribution >= 0.6 is 0 Å². The van der Waals surface area contributed by atoms with Gasteiger partial charge in [0.05, 0.1) is 19.0 Å². The molecule has 0 heterocycles. The van der Waals surface area contributed by atoms with Gasteiger partial charge < -0.3 is 24.5 Å². The van der Waals surface area contributed by atoms with Gasteiger partial charge in [-0.05, 0) is 13.8 Å². The van der Waals surface area contributed by atoms with Crippen LogP contribution in [0.25, 0.3) is 0 Å². The van der Waals surface area contributed by atoms with Gasteiger partial charge in [0.15, 0.2) is 11.4 Å².